The van der Waals surface area contributed by atoms with E-state index in [1.165, 1.54) is 12.1 Å². The first-order chi connectivity index (χ1) is 10.9. The van der Waals surface area contributed by atoms with Gasteiger partial charge in [0.1, 0.15) is 4.90 Å². The zero-order valence-electron chi connectivity index (χ0n) is 12.8. The minimum absolute atomic E-state index is 0.0180. The number of morpholine rings is 1. The van der Waals surface area contributed by atoms with Gasteiger partial charge in [-0.3, -0.25) is 4.79 Å². The van der Waals surface area contributed by atoms with Crippen molar-refractivity contribution in [2.45, 2.75) is 36.8 Å². The highest BCUT2D eigenvalue weighted by molar-refractivity contribution is 7.89. The lowest BCUT2D eigenvalue weighted by Crippen LogP contribution is -2.44. The van der Waals surface area contributed by atoms with Crippen LogP contribution in [-0.2, 0) is 14.8 Å². The molecular weight excluding hydrogens is 340 g/mol. The van der Waals surface area contributed by atoms with E-state index in [0.29, 0.717) is 25.3 Å². The maximum absolute atomic E-state index is 12.6. The number of nitrogens with one attached hydrogen (secondary N) is 1. The van der Waals surface area contributed by atoms with Crippen molar-refractivity contribution in [3.8, 4) is 0 Å². The number of ether oxygens (including phenoxy) is 1. The third kappa shape index (κ3) is 3.85. The van der Waals surface area contributed by atoms with Gasteiger partial charge in [-0.1, -0.05) is 11.6 Å². The average Bonchev–Trinajstić information content (AvgIpc) is 3.30. The van der Waals surface area contributed by atoms with Crippen molar-refractivity contribution in [3.63, 3.8) is 0 Å². The van der Waals surface area contributed by atoms with Gasteiger partial charge in [0.15, 0.2) is 0 Å². The quantitative estimate of drug-likeness (QED) is 0.887. The molecule has 1 N–H and O–H groups in total. The Hall–Kier alpha value is -1.15. The number of hydrogen-bond donors (Lipinski definition) is 1. The highest BCUT2D eigenvalue weighted by atomic mass is 35.5. The summed E-state index contributed by atoms with van der Waals surface area (Å²) in [6.45, 7) is 3.36. The molecule has 3 rings (SSSR count). The van der Waals surface area contributed by atoms with Gasteiger partial charge in [0.05, 0.1) is 17.7 Å². The van der Waals surface area contributed by atoms with Crippen LogP contribution in [0.2, 0.25) is 5.02 Å². The highest BCUT2D eigenvalue weighted by Gasteiger charge is 2.30. The van der Waals surface area contributed by atoms with Crippen molar-refractivity contribution < 1.29 is 17.9 Å². The molecule has 1 heterocycles. The van der Waals surface area contributed by atoms with E-state index in [0.717, 1.165) is 12.8 Å². The maximum Gasteiger partial charge on any atom is 0.254 e. The molecule has 6 nitrogen and oxygen atoms in total. The topological polar surface area (TPSA) is 75.7 Å². The standard InChI is InChI=1S/C15H19ClN2O4S/c1-10-9-18(6-7-22-10)15(19)11-2-5-13(16)14(8-11)23(20,21)17-12-3-4-12/h2,5,8,10,12,17H,3-4,6-7,9H2,1H3/t10-/m1/s1. The molecule has 1 aliphatic heterocycles. The molecule has 1 aromatic carbocycles. The monoisotopic (exact) mass is 358 g/mol. The first-order valence-corrected chi connectivity index (χ1v) is 9.46. The fraction of sp³-hybridized carbons (Fsp3) is 0.533. The summed E-state index contributed by atoms with van der Waals surface area (Å²) in [4.78, 5) is 14.2. The zero-order valence-corrected chi connectivity index (χ0v) is 14.4. The molecule has 2 aliphatic rings. The van der Waals surface area contributed by atoms with Crippen LogP contribution in [0.4, 0.5) is 0 Å². The van der Waals surface area contributed by atoms with Crippen molar-refractivity contribution in [1.82, 2.24) is 9.62 Å². The minimum atomic E-state index is -3.70. The second-order valence-corrected chi connectivity index (χ2v) is 8.06. The lowest BCUT2D eigenvalue weighted by molar-refractivity contribution is -0.0124. The van der Waals surface area contributed by atoms with Crippen molar-refractivity contribution in [2.24, 2.45) is 0 Å². The van der Waals surface area contributed by atoms with Crippen LogP contribution in [0.25, 0.3) is 0 Å². The summed E-state index contributed by atoms with van der Waals surface area (Å²) in [6.07, 6.45) is 1.64. The van der Waals surface area contributed by atoms with Crippen molar-refractivity contribution >= 4 is 27.5 Å². The molecule has 8 heteroatoms. The number of rotatable bonds is 4. The maximum atomic E-state index is 12.6. The molecule has 0 spiro atoms. The third-order valence-electron chi connectivity index (χ3n) is 3.90. The van der Waals surface area contributed by atoms with Crippen LogP contribution >= 0.6 is 11.6 Å². The second kappa shape index (κ2) is 6.39. The Morgan fingerprint density at radius 1 is 1.39 bits per heavy atom. The number of sulfonamides is 1. The minimum Gasteiger partial charge on any atom is -0.375 e. The summed E-state index contributed by atoms with van der Waals surface area (Å²) in [5, 5.41) is 0.116. The van der Waals surface area contributed by atoms with Gasteiger partial charge in [-0.05, 0) is 38.0 Å². The van der Waals surface area contributed by atoms with Gasteiger partial charge in [-0.25, -0.2) is 13.1 Å². The number of halogens is 1. The molecule has 1 aliphatic carbocycles. The van der Waals surface area contributed by atoms with E-state index in [1.54, 1.807) is 11.0 Å². The molecule has 0 bridgehead atoms. The molecule has 0 unspecified atom stereocenters. The Kier molecular flexibility index (Phi) is 4.64. The molecule has 23 heavy (non-hydrogen) atoms. The van der Waals surface area contributed by atoms with Crippen molar-refractivity contribution in [1.29, 1.82) is 0 Å². The third-order valence-corrected chi connectivity index (χ3v) is 5.90. The number of nitrogens with zero attached hydrogens (tertiary/aromatic N) is 1. The van der Waals surface area contributed by atoms with E-state index in [4.69, 9.17) is 16.3 Å². The molecule has 1 amide bonds. The molecule has 1 atom stereocenters. The predicted molar refractivity (Wildman–Crippen MR) is 86.1 cm³/mol. The number of carbonyl (C=O) groups excluding carboxylic acids is 1. The highest BCUT2D eigenvalue weighted by Crippen LogP contribution is 2.27. The summed E-state index contributed by atoms with van der Waals surface area (Å²) in [5.74, 6) is -0.209. The van der Waals surface area contributed by atoms with Gasteiger partial charge in [0.25, 0.3) is 5.91 Å². The van der Waals surface area contributed by atoms with Crippen LogP contribution in [0.15, 0.2) is 23.1 Å². The number of hydrogen-bond acceptors (Lipinski definition) is 4. The Balaban J connectivity index is 1.86. The first-order valence-electron chi connectivity index (χ1n) is 7.59. The van der Waals surface area contributed by atoms with Gasteiger partial charge >= 0.3 is 0 Å². The van der Waals surface area contributed by atoms with Gasteiger partial charge in [0, 0.05) is 24.7 Å². The lowest BCUT2D eigenvalue weighted by Gasteiger charge is -2.31. The van der Waals surface area contributed by atoms with Gasteiger partial charge in [-0.2, -0.15) is 0 Å². The Bertz CT molecular complexity index is 718. The van der Waals surface area contributed by atoms with Crippen LogP contribution < -0.4 is 4.72 Å². The van der Waals surface area contributed by atoms with Gasteiger partial charge in [-0.15, -0.1) is 0 Å². The van der Waals surface area contributed by atoms with Crippen LogP contribution in [0.1, 0.15) is 30.1 Å². The summed E-state index contributed by atoms with van der Waals surface area (Å²) < 4.78 is 32.7. The molecule has 0 aromatic heterocycles. The average molecular weight is 359 g/mol. The van der Waals surface area contributed by atoms with Crippen LogP contribution in [0, 0.1) is 0 Å². The van der Waals surface area contributed by atoms with Gasteiger partial charge < -0.3 is 9.64 Å². The van der Waals surface area contributed by atoms with Crippen LogP contribution in [0.5, 0.6) is 0 Å². The Morgan fingerprint density at radius 2 is 2.13 bits per heavy atom. The fourth-order valence-electron chi connectivity index (χ4n) is 2.51. The lowest BCUT2D eigenvalue weighted by atomic mass is 10.2. The van der Waals surface area contributed by atoms with E-state index in [-0.39, 0.29) is 28.0 Å². The number of amides is 1. The summed E-state index contributed by atoms with van der Waals surface area (Å²) >= 11 is 6.03. The largest absolute Gasteiger partial charge is 0.375 e. The first kappa shape index (κ1) is 16.7. The summed E-state index contributed by atoms with van der Waals surface area (Å²) in [7, 11) is -3.70. The molecule has 2 fully saturated rings. The summed E-state index contributed by atoms with van der Waals surface area (Å²) in [6, 6.07) is 4.35. The van der Waals surface area contributed by atoms with Gasteiger partial charge in [0.2, 0.25) is 10.0 Å². The Morgan fingerprint density at radius 3 is 2.78 bits per heavy atom. The van der Waals surface area contributed by atoms with Crippen molar-refractivity contribution in [2.75, 3.05) is 19.7 Å². The summed E-state index contributed by atoms with van der Waals surface area (Å²) in [5.41, 5.74) is 0.319. The van der Waals surface area contributed by atoms with Crippen LogP contribution in [0.3, 0.4) is 0 Å². The number of carbonyl (C=O) groups is 1. The van der Waals surface area contributed by atoms with E-state index < -0.39 is 10.0 Å². The fourth-order valence-corrected chi connectivity index (χ4v) is 4.34. The molecule has 1 aromatic rings. The van der Waals surface area contributed by atoms with Crippen LogP contribution in [-0.4, -0.2) is 51.1 Å². The SMILES string of the molecule is C[C@@H]1CN(C(=O)c2ccc(Cl)c(S(=O)(=O)NC3CC3)c2)CCO1. The normalized spacial score (nSPS) is 22.2. The molecule has 1 saturated carbocycles. The zero-order chi connectivity index (χ0) is 16.6. The van der Waals surface area contributed by atoms with E-state index >= 15 is 0 Å². The molecule has 0 radical (unpaired) electrons. The van der Waals surface area contributed by atoms with E-state index in [2.05, 4.69) is 4.72 Å². The predicted octanol–water partition coefficient (Wildman–Crippen LogP) is 1.64. The molecular formula is C15H19ClN2O4S. The molecule has 1 saturated heterocycles. The van der Waals surface area contributed by atoms with Crippen molar-refractivity contribution in [3.05, 3.63) is 28.8 Å². The Labute approximate surface area is 140 Å². The number of benzene rings is 1. The smallest absolute Gasteiger partial charge is 0.254 e. The van der Waals surface area contributed by atoms with E-state index in [1.807, 2.05) is 6.92 Å². The van der Waals surface area contributed by atoms with E-state index in [9.17, 15) is 13.2 Å². The second-order valence-electron chi connectivity index (χ2n) is 5.97. The molecule has 126 valence electrons.